The third-order valence-electron chi connectivity index (χ3n) is 2.32. The molecule has 2 aromatic rings. The van der Waals surface area contributed by atoms with Crippen molar-refractivity contribution < 1.29 is 4.42 Å². The number of nitriles is 1. The van der Waals surface area contributed by atoms with Crippen LogP contribution >= 0.6 is 0 Å². The Bertz CT molecular complexity index is 770. The van der Waals surface area contributed by atoms with Crippen LogP contribution in [0.1, 0.15) is 0 Å². The van der Waals surface area contributed by atoms with Crippen LogP contribution in [0.2, 0.25) is 0 Å². The predicted octanol–water partition coefficient (Wildman–Crippen LogP) is 1.02. The Morgan fingerprint density at radius 1 is 1.47 bits per heavy atom. The first kappa shape index (κ1) is 12.3. The molecule has 0 saturated carbocycles. The largest absolute Gasteiger partial charge is 0.464 e. The molecule has 0 radical (unpaired) electrons. The van der Waals surface area contributed by atoms with E-state index in [0.717, 1.165) is 0 Å². The minimum Gasteiger partial charge on any atom is -0.464 e. The Balaban J connectivity index is 2.38. The molecule has 4 N–H and O–H groups in total. The molecule has 1 heterocycles. The third-order valence-corrected chi connectivity index (χ3v) is 2.32. The first-order valence-electron chi connectivity index (χ1n) is 5.21. The summed E-state index contributed by atoms with van der Waals surface area (Å²) in [4.78, 5) is 11.6. The lowest BCUT2D eigenvalue weighted by molar-refractivity contribution is 0.602. The lowest BCUT2D eigenvalue weighted by Gasteiger charge is -2.02. The number of amidine groups is 1. The number of hydrogen-bond donors (Lipinski definition) is 3. The minimum atomic E-state index is -0.435. The van der Waals surface area contributed by atoms with Gasteiger partial charge in [0.1, 0.15) is 11.7 Å². The van der Waals surface area contributed by atoms with Crippen molar-refractivity contribution in [1.82, 2.24) is 0 Å². The number of nitrogens with zero attached hydrogens (tertiary/aromatic N) is 2. The maximum absolute atomic E-state index is 11.6. The fourth-order valence-corrected chi connectivity index (χ4v) is 1.42. The molecule has 0 unspecified atom stereocenters. The average Bonchev–Trinajstić information content (AvgIpc) is 2.40. The van der Waals surface area contributed by atoms with E-state index in [-0.39, 0.29) is 11.1 Å². The molecule has 0 amide bonds. The second kappa shape index (κ2) is 5.01. The van der Waals surface area contributed by atoms with Crippen LogP contribution in [-0.2, 0) is 0 Å². The van der Waals surface area contributed by atoms with Gasteiger partial charge in [0.05, 0.1) is 17.3 Å². The normalized spacial score (nSPS) is 11.0. The molecule has 7 nitrogen and oxygen atoms in total. The quantitative estimate of drug-likeness (QED) is 0.428. The summed E-state index contributed by atoms with van der Waals surface area (Å²) in [7, 11) is 0. The van der Waals surface area contributed by atoms with Crippen LogP contribution in [0.25, 0.3) is 11.0 Å². The topological polar surface area (TPSA) is 128 Å². The van der Waals surface area contributed by atoms with Crippen molar-refractivity contribution in [3.05, 3.63) is 40.8 Å². The lowest BCUT2D eigenvalue weighted by atomic mass is 10.2. The fraction of sp³-hybridized carbons (Fsp3) is 0. The number of rotatable bonds is 3. The van der Waals surface area contributed by atoms with Crippen molar-refractivity contribution in [2.24, 2.45) is 10.8 Å². The first-order valence-corrected chi connectivity index (χ1v) is 5.21. The van der Waals surface area contributed by atoms with Crippen LogP contribution in [0.15, 0.2) is 44.8 Å². The maximum Gasteiger partial charge on any atom is 0.201 e. The van der Waals surface area contributed by atoms with Gasteiger partial charge < -0.3 is 10.2 Å². The Labute approximate surface area is 107 Å². The highest BCUT2D eigenvalue weighted by atomic mass is 16.3. The number of fused-ring (bicyclic) bond motifs is 1. The van der Waals surface area contributed by atoms with Crippen molar-refractivity contribution in [1.29, 1.82) is 10.7 Å². The standard InChI is InChI=1S/C12H9N5O2/c13-6-9(12(14)15)17-16-7-1-2-11-8(5-7)10(18)3-4-19-11/h1-5,16H,(H3,14,15)/b17-9+. The second-order valence-corrected chi connectivity index (χ2v) is 3.59. The highest BCUT2D eigenvalue weighted by Crippen LogP contribution is 2.15. The number of nitrogens with two attached hydrogens (primary N) is 1. The van der Waals surface area contributed by atoms with Gasteiger partial charge in [-0.3, -0.25) is 15.6 Å². The average molecular weight is 255 g/mol. The van der Waals surface area contributed by atoms with Gasteiger partial charge in [0.2, 0.25) is 5.71 Å². The van der Waals surface area contributed by atoms with Gasteiger partial charge in [-0.25, -0.2) is 0 Å². The van der Waals surface area contributed by atoms with Crippen LogP contribution < -0.4 is 16.6 Å². The van der Waals surface area contributed by atoms with Gasteiger partial charge in [0.25, 0.3) is 0 Å². The summed E-state index contributed by atoms with van der Waals surface area (Å²) >= 11 is 0. The maximum atomic E-state index is 11.6. The Morgan fingerprint density at radius 2 is 2.26 bits per heavy atom. The highest BCUT2D eigenvalue weighted by Gasteiger charge is 2.03. The van der Waals surface area contributed by atoms with E-state index >= 15 is 0 Å². The number of hydrazone groups is 1. The number of nitrogens with one attached hydrogen (secondary N) is 2. The summed E-state index contributed by atoms with van der Waals surface area (Å²) in [6, 6.07) is 7.77. The first-order chi connectivity index (χ1) is 9.11. The van der Waals surface area contributed by atoms with E-state index in [2.05, 4.69) is 10.5 Å². The molecule has 0 fully saturated rings. The molecule has 2 rings (SSSR count). The van der Waals surface area contributed by atoms with E-state index in [9.17, 15) is 4.79 Å². The van der Waals surface area contributed by atoms with Gasteiger partial charge in [0.15, 0.2) is 11.3 Å². The van der Waals surface area contributed by atoms with E-state index in [0.29, 0.717) is 16.7 Å². The smallest absolute Gasteiger partial charge is 0.201 e. The molecule has 0 spiro atoms. The van der Waals surface area contributed by atoms with Crippen molar-refractivity contribution in [2.45, 2.75) is 0 Å². The molecule has 7 heteroatoms. The molecule has 0 aliphatic rings. The summed E-state index contributed by atoms with van der Waals surface area (Å²) in [5, 5.41) is 19.9. The summed E-state index contributed by atoms with van der Waals surface area (Å²) < 4.78 is 5.16. The summed E-state index contributed by atoms with van der Waals surface area (Å²) in [6.45, 7) is 0. The van der Waals surface area contributed by atoms with E-state index in [1.54, 1.807) is 24.3 Å². The predicted molar refractivity (Wildman–Crippen MR) is 71.1 cm³/mol. The zero-order valence-corrected chi connectivity index (χ0v) is 9.68. The van der Waals surface area contributed by atoms with Gasteiger partial charge in [-0.1, -0.05) is 0 Å². The van der Waals surface area contributed by atoms with E-state index in [1.807, 2.05) is 0 Å². The monoisotopic (exact) mass is 255 g/mol. The molecule has 19 heavy (non-hydrogen) atoms. The molecule has 94 valence electrons. The molecule has 0 saturated heterocycles. The van der Waals surface area contributed by atoms with Gasteiger partial charge in [-0.2, -0.15) is 10.4 Å². The minimum absolute atomic E-state index is 0.180. The SMILES string of the molecule is N#C/C(=N\Nc1ccc2occc(=O)c2c1)C(=N)N. The Morgan fingerprint density at radius 3 is 2.95 bits per heavy atom. The van der Waals surface area contributed by atoms with Crippen LogP contribution in [0.3, 0.4) is 0 Å². The summed E-state index contributed by atoms with van der Waals surface area (Å²) in [5.41, 5.74) is 8.23. The van der Waals surface area contributed by atoms with Crippen molar-refractivity contribution in [3.8, 4) is 6.07 Å². The molecular formula is C12H9N5O2. The van der Waals surface area contributed by atoms with Gasteiger partial charge >= 0.3 is 0 Å². The van der Waals surface area contributed by atoms with Gasteiger partial charge in [0, 0.05) is 6.07 Å². The summed E-state index contributed by atoms with van der Waals surface area (Å²) in [6.07, 6.45) is 1.32. The van der Waals surface area contributed by atoms with Crippen LogP contribution in [0.4, 0.5) is 5.69 Å². The Kier molecular flexibility index (Phi) is 3.25. The second-order valence-electron chi connectivity index (χ2n) is 3.59. The highest BCUT2D eigenvalue weighted by molar-refractivity contribution is 6.45. The molecule has 1 aromatic carbocycles. The molecule has 1 aromatic heterocycles. The molecule has 0 aliphatic heterocycles. The fourth-order valence-electron chi connectivity index (χ4n) is 1.42. The number of anilines is 1. The van der Waals surface area contributed by atoms with Crippen molar-refractivity contribution in [2.75, 3.05) is 5.43 Å². The van der Waals surface area contributed by atoms with E-state index < -0.39 is 5.84 Å². The number of benzene rings is 1. The molecular weight excluding hydrogens is 246 g/mol. The van der Waals surface area contributed by atoms with E-state index in [1.165, 1.54) is 12.3 Å². The Hall–Kier alpha value is -3.14. The number of hydrogen-bond acceptors (Lipinski definition) is 6. The third kappa shape index (κ3) is 2.58. The van der Waals surface area contributed by atoms with Crippen LogP contribution in [-0.4, -0.2) is 11.5 Å². The summed E-state index contributed by atoms with van der Waals surface area (Å²) in [5.74, 6) is -0.435. The van der Waals surface area contributed by atoms with Crippen molar-refractivity contribution in [3.63, 3.8) is 0 Å². The molecule has 0 bridgehead atoms. The van der Waals surface area contributed by atoms with Crippen LogP contribution in [0, 0.1) is 16.7 Å². The zero-order valence-electron chi connectivity index (χ0n) is 9.68. The van der Waals surface area contributed by atoms with Crippen molar-refractivity contribution >= 4 is 28.2 Å². The lowest BCUT2D eigenvalue weighted by Crippen LogP contribution is -2.21. The van der Waals surface area contributed by atoms with Gasteiger partial charge in [-0.15, -0.1) is 0 Å². The zero-order chi connectivity index (χ0) is 13.8. The van der Waals surface area contributed by atoms with E-state index in [4.69, 9.17) is 20.8 Å². The molecule has 0 aliphatic carbocycles. The molecule has 0 atom stereocenters. The van der Waals surface area contributed by atoms with Gasteiger partial charge in [-0.05, 0) is 18.2 Å². The van der Waals surface area contributed by atoms with Crippen LogP contribution in [0.5, 0.6) is 0 Å².